The van der Waals surface area contributed by atoms with Gasteiger partial charge in [0.2, 0.25) is 0 Å². The molecule has 0 aliphatic rings. The molecule has 0 spiro atoms. The highest BCUT2D eigenvalue weighted by Gasteiger charge is 1.98. The van der Waals surface area contributed by atoms with E-state index in [1.54, 1.807) is 7.05 Å². The predicted octanol–water partition coefficient (Wildman–Crippen LogP) is -0.536. The van der Waals surface area contributed by atoms with Crippen molar-refractivity contribution >= 4 is 6.21 Å². The van der Waals surface area contributed by atoms with Gasteiger partial charge in [-0.25, -0.2) is 0 Å². The Hall–Kier alpha value is -0.410. The molecule has 0 aromatic heterocycles. The molecule has 0 heterocycles. The Morgan fingerprint density at radius 2 is 2.50 bits per heavy atom. The minimum absolute atomic E-state index is 0.0139. The SMILES string of the molecule is CNCC(C=N)CO. The van der Waals surface area contributed by atoms with Crippen LogP contribution in [-0.2, 0) is 0 Å². The van der Waals surface area contributed by atoms with Crippen LogP contribution < -0.4 is 5.32 Å². The molecule has 1 unspecified atom stereocenters. The summed E-state index contributed by atoms with van der Waals surface area (Å²) in [4.78, 5) is 0. The van der Waals surface area contributed by atoms with Crippen molar-refractivity contribution in [2.24, 2.45) is 5.92 Å². The van der Waals surface area contributed by atoms with Crippen molar-refractivity contribution in [2.45, 2.75) is 0 Å². The fourth-order valence-corrected chi connectivity index (χ4v) is 0.438. The van der Waals surface area contributed by atoms with E-state index in [0.717, 1.165) is 0 Å². The molecule has 0 fully saturated rings. The average molecular weight is 116 g/mol. The lowest BCUT2D eigenvalue weighted by Gasteiger charge is -2.04. The standard InChI is InChI=1S/C5H12N2O/c1-7-3-5(2-6)4-8/h2,5-8H,3-4H2,1H3. The highest BCUT2D eigenvalue weighted by atomic mass is 16.3. The van der Waals surface area contributed by atoms with E-state index in [1.807, 2.05) is 0 Å². The Bertz CT molecular complexity index is 65.4. The number of hydrogen-bond acceptors (Lipinski definition) is 3. The summed E-state index contributed by atoms with van der Waals surface area (Å²) in [6.07, 6.45) is 1.25. The van der Waals surface area contributed by atoms with Crippen molar-refractivity contribution in [1.82, 2.24) is 5.32 Å². The molecule has 0 amide bonds. The van der Waals surface area contributed by atoms with Crippen LogP contribution in [0.15, 0.2) is 0 Å². The molecule has 0 saturated carbocycles. The molecule has 0 aliphatic heterocycles. The van der Waals surface area contributed by atoms with E-state index in [1.165, 1.54) is 6.21 Å². The Labute approximate surface area is 49.2 Å². The molecule has 3 N–H and O–H groups in total. The third kappa shape index (κ3) is 2.71. The van der Waals surface area contributed by atoms with E-state index in [4.69, 9.17) is 10.5 Å². The van der Waals surface area contributed by atoms with Crippen molar-refractivity contribution in [1.29, 1.82) is 5.41 Å². The van der Waals surface area contributed by atoms with E-state index in [9.17, 15) is 0 Å². The summed E-state index contributed by atoms with van der Waals surface area (Å²) < 4.78 is 0. The van der Waals surface area contributed by atoms with Crippen LogP contribution in [-0.4, -0.2) is 31.5 Å². The zero-order valence-electron chi connectivity index (χ0n) is 5.02. The number of rotatable bonds is 4. The molecule has 3 nitrogen and oxygen atoms in total. The van der Waals surface area contributed by atoms with Gasteiger partial charge in [0, 0.05) is 18.7 Å². The van der Waals surface area contributed by atoms with Gasteiger partial charge in [-0.2, -0.15) is 0 Å². The number of nitrogens with one attached hydrogen (secondary N) is 2. The molecule has 0 radical (unpaired) electrons. The van der Waals surface area contributed by atoms with Crippen molar-refractivity contribution < 1.29 is 5.11 Å². The average Bonchev–Trinajstić information content (AvgIpc) is 1.83. The van der Waals surface area contributed by atoms with Gasteiger partial charge in [0.25, 0.3) is 0 Å². The maximum absolute atomic E-state index is 8.47. The van der Waals surface area contributed by atoms with Gasteiger partial charge in [-0.05, 0) is 7.05 Å². The summed E-state index contributed by atoms with van der Waals surface area (Å²) >= 11 is 0. The smallest absolute Gasteiger partial charge is 0.0520 e. The first-order valence-electron chi connectivity index (χ1n) is 2.61. The Morgan fingerprint density at radius 3 is 2.62 bits per heavy atom. The zero-order valence-corrected chi connectivity index (χ0v) is 5.02. The van der Waals surface area contributed by atoms with Crippen molar-refractivity contribution in [3.05, 3.63) is 0 Å². The number of aliphatic hydroxyl groups is 1. The molecule has 3 heteroatoms. The Balaban J connectivity index is 3.21. The van der Waals surface area contributed by atoms with Gasteiger partial charge in [-0.3, -0.25) is 0 Å². The second-order valence-corrected chi connectivity index (χ2v) is 1.67. The van der Waals surface area contributed by atoms with Gasteiger partial charge in [0.1, 0.15) is 0 Å². The summed E-state index contributed by atoms with van der Waals surface area (Å²) in [7, 11) is 1.80. The topological polar surface area (TPSA) is 56.1 Å². The summed E-state index contributed by atoms with van der Waals surface area (Å²) in [5, 5.41) is 18.1. The molecular weight excluding hydrogens is 104 g/mol. The maximum atomic E-state index is 8.47. The van der Waals surface area contributed by atoms with E-state index < -0.39 is 0 Å². The highest BCUT2D eigenvalue weighted by molar-refractivity contribution is 5.57. The van der Waals surface area contributed by atoms with E-state index in [2.05, 4.69) is 5.32 Å². The molecule has 8 heavy (non-hydrogen) atoms. The van der Waals surface area contributed by atoms with Gasteiger partial charge in [-0.1, -0.05) is 0 Å². The van der Waals surface area contributed by atoms with Crippen LogP contribution in [0.3, 0.4) is 0 Å². The third-order valence-corrected chi connectivity index (χ3v) is 0.937. The van der Waals surface area contributed by atoms with Crippen molar-refractivity contribution in [3.8, 4) is 0 Å². The summed E-state index contributed by atoms with van der Waals surface area (Å²) in [5.74, 6) is -0.0139. The molecule has 0 rings (SSSR count). The summed E-state index contributed by atoms with van der Waals surface area (Å²) in [6.45, 7) is 0.740. The van der Waals surface area contributed by atoms with Gasteiger partial charge in [-0.15, -0.1) is 0 Å². The van der Waals surface area contributed by atoms with Crippen LogP contribution in [0.5, 0.6) is 0 Å². The normalized spacial score (nSPS) is 13.2. The number of hydrogen-bond donors (Lipinski definition) is 3. The fraction of sp³-hybridized carbons (Fsp3) is 0.800. The monoisotopic (exact) mass is 116 g/mol. The van der Waals surface area contributed by atoms with Crippen LogP contribution in [0.2, 0.25) is 0 Å². The lowest BCUT2D eigenvalue weighted by molar-refractivity contribution is 0.262. The van der Waals surface area contributed by atoms with Crippen LogP contribution >= 0.6 is 0 Å². The Kier molecular flexibility index (Phi) is 4.50. The quantitative estimate of drug-likeness (QED) is 0.432. The first-order chi connectivity index (χ1) is 3.85. The molecule has 0 saturated heterocycles. The second kappa shape index (κ2) is 4.74. The highest BCUT2D eigenvalue weighted by Crippen LogP contribution is 1.84. The second-order valence-electron chi connectivity index (χ2n) is 1.67. The summed E-state index contributed by atoms with van der Waals surface area (Å²) in [6, 6.07) is 0. The Morgan fingerprint density at radius 1 is 1.88 bits per heavy atom. The molecule has 0 bridgehead atoms. The lowest BCUT2D eigenvalue weighted by atomic mass is 10.2. The van der Waals surface area contributed by atoms with E-state index in [0.29, 0.717) is 6.54 Å². The largest absolute Gasteiger partial charge is 0.396 e. The van der Waals surface area contributed by atoms with Gasteiger partial charge in [0.05, 0.1) is 6.61 Å². The van der Waals surface area contributed by atoms with Crippen LogP contribution in [0.1, 0.15) is 0 Å². The van der Waals surface area contributed by atoms with Crippen LogP contribution in [0, 0.1) is 11.3 Å². The predicted molar refractivity (Wildman–Crippen MR) is 33.3 cm³/mol. The minimum atomic E-state index is -0.0139. The van der Waals surface area contributed by atoms with Crippen molar-refractivity contribution in [3.63, 3.8) is 0 Å². The van der Waals surface area contributed by atoms with E-state index >= 15 is 0 Å². The van der Waals surface area contributed by atoms with Crippen molar-refractivity contribution in [2.75, 3.05) is 20.2 Å². The van der Waals surface area contributed by atoms with Gasteiger partial charge < -0.3 is 15.8 Å². The first-order valence-corrected chi connectivity index (χ1v) is 2.61. The van der Waals surface area contributed by atoms with Gasteiger partial charge in [0.15, 0.2) is 0 Å². The molecule has 0 aromatic rings. The lowest BCUT2D eigenvalue weighted by Crippen LogP contribution is -2.22. The van der Waals surface area contributed by atoms with E-state index in [-0.39, 0.29) is 12.5 Å². The maximum Gasteiger partial charge on any atom is 0.0520 e. The molecule has 1 atom stereocenters. The van der Waals surface area contributed by atoms with Crippen LogP contribution in [0.4, 0.5) is 0 Å². The molecule has 48 valence electrons. The minimum Gasteiger partial charge on any atom is -0.396 e. The number of aliphatic hydroxyl groups excluding tert-OH is 1. The van der Waals surface area contributed by atoms with Gasteiger partial charge >= 0.3 is 0 Å². The fourth-order valence-electron chi connectivity index (χ4n) is 0.438. The van der Waals surface area contributed by atoms with Crippen LogP contribution in [0.25, 0.3) is 0 Å². The molecule has 0 aromatic carbocycles. The molecule has 0 aliphatic carbocycles. The first kappa shape index (κ1) is 7.59. The third-order valence-electron chi connectivity index (χ3n) is 0.937. The molecular formula is C5H12N2O. The summed E-state index contributed by atoms with van der Waals surface area (Å²) in [5.41, 5.74) is 0. The zero-order chi connectivity index (χ0) is 6.41.